The van der Waals surface area contributed by atoms with Crippen LogP contribution in [0.3, 0.4) is 0 Å². The number of para-hydroxylation sites is 1. The largest absolute Gasteiger partial charge is 0.334 e. The number of hydrogen-bond donors (Lipinski definition) is 0. The summed E-state index contributed by atoms with van der Waals surface area (Å²) in [5.41, 5.74) is 3.50. The van der Waals surface area contributed by atoms with Gasteiger partial charge in [0.05, 0.1) is 10.9 Å². The Hall–Kier alpha value is -4.40. The predicted molar refractivity (Wildman–Crippen MR) is 182 cm³/mol. The first-order chi connectivity index (χ1) is 22.8. The Morgan fingerprint density at radius 1 is 0.894 bits per heavy atom. The molecule has 0 atom stereocenters. The molecule has 242 valence electrons. The van der Waals surface area contributed by atoms with Crippen molar-refractivity contribution in [3.8, 4) is 11.1 Å². The summed E-state index contributed by atoms with van der Waals surface area (Å²) >= 11 is 6.08. The summed E-state index contributed by atoms with van der Waals surface area (Å²) < 4.78 is 30.2. The highest BCUT2D eigenvalue weighted by molar-refractivity contribution is 6.30. The summed E-state index contributed by atoms with van der Waals surface area (Å²) in [5, 5.41) is 1.09. The SMILES string of the molecule is CCN1CCC(N(Cc2ccc(-c3ccc(Cl)cc3)cc2)C(=O)Cn2c(CCc3cccc(F)c3F)nc(=O)c3ccccc32)CC1. The highest BCUT2D eigenvalue weighted by Crippen LogP contribution is 2.25. The van der Waals surface area contributed by atoms with Crippen molar-refractivity contribution in [2.24, 2.45) is 0 Å². The van der Waals surface area contributed by atoms with Crippen LogP contribution in [0.2, 0.25) is 5.02 Å². The van der Waals surface area contributed by atoms with Gasteiger partial charge in [-0.25, -0.2) is 8.78 Å². The molecule has 6 rings (SSSR count). The van der Waals surface area contributed by atoms with E-state index in [0.29, 0.717) is 28.3 Å². The minimum absolute atomic E-state index is 0.0361. The number of fused-ring (bicyclic) bond motifs is 1. The van der Waals surface area contributed by atoms with Crippen LogP contribution in [0.1, 0.15) is 36.7 Å². The minimum atomic E-state index is -0.924. The van der Waals surface area contributed by atoms with E-state index < -0.39 is 17.2 Å². The first kappa shape index (κ1) is 32.5. The molecule has 47 heavy (non-hydrogen) atoms. The number of aryl methyl sites for hydroxylation is 2. The molecule has 4 aromatic carbocycles. The van der Waals surface area contributed by atoms with E-state index in [1.54, 1.807) is 22.8 Å². The lowest BCUT2D eigenvalue weighted by Crippen LogP contribution is -2.48. The van der Waals surface area contributed by atoms with Gasteiger partial charge in [0, 0.05) is 37.1 Å². The van der Waals surface area contributed by atoms with E-state index in [9.17, 15) is 18.4 Å². The van der Waals surface area contributed by atoms with E-state index in [1.807, 2.05) is 35.2 Å². The lowest BCUT2D eigenvalue weighted by atomic mass is 10.0. The van der Waals surface area contributed by atoms with Crippen LogP contribution < -0.4 is 5.56 Å². The minimum Gasteiger partial charge on any atom is -0.334 e. The Morgan fingerprint density at radius 3 is 2.28 bits per heavy atom. The van der Waals surface area contributed by atoms with Crippen LogP contribution in [0.15, 0.2) is 95.8 Å². The standard InChI is InChI=1S/C38H37ClF2N4O2/c1-2-43-22-20-31(21-23-43)44(24-26-10-12-27(13-11-26)28-14-17-30(39)18-15-28)36(46)25-45-34-9-4-3-7-32(34)38(47)42-35(45)19-16-29-6-5-8-33(40)37(29)41/h3-15,17-18,31H,2,16,19-25H2,1H3. The number of amides is 1. The summed E-state index contributed by atoms with van der Waals surface area (Å²) in [5.74, 6) is -1.56. The average molecular weight is 655 g/mol. The molecular formula is C38H37ClF2N4O2. The van der Waals surface area contributed by atoms with Gasteiger partial charge in [-0.3, -0.25) is 9.59 Å². The molecule has 1 amide bonds. The van der Waals surface area contributed by atoms with Crippen molar-refractivity contribution in [3.63, 3.8) is 0 Å². The number of nitrogens with zero attached hydrogens (tertiary/aromatic N) is 4. The van der Waals surface area contributed by atoms with Crippen LogP contribution in [-0.4, -0.2) is 50.9 Å². The van der Waals surface area contributed by atoms with E-state index in [-0.39, 0.29) is 36.9 Å². The Morgan fingerprint density at radius 2 is 1.57 bits per heavy atom. The van der Waals surface area contributed by atoms with Gasteiger partial charge < -0.3 is 14.4 Å². The molecule has 1 aliphatic rings. The normalized spacial score (nSPS) is 14.0. The number of carbonyl (C=O) groups is 1. The quantitative estimate of drug-likeness (QED) is 0.159. The van der Waals surface area contributed by atoms with Crippen LogP contribution in [0, 0.1) is 11.6 Å². The van der Waals surface area contributed by atoms with Crippen molar-refractivity contribution in [3.05, 3.63) is 135 Å². The van der Waals surface area contributed by atoms with Crippen molar-refractivity contribution in [1.82, 2.24) is 19.4 Å². The highest BCUT2D eigenvalue weighted by Gasteiger charge is 2.29. The molecule has 9 heteroatoms. The molecule has 1 fully saturated rings. The highest BCUT2D eigenvalue weighted by atomic mass is 35.5. The predicted octanol–water partition coefficient (Wildman–Crippen LogP) is 7.29. The molecular weight excluding hydrogens is 618 g/mol. The fraction of sp³-hybridized carbons (Fsp3) is 0.289. The second-order valence-corrected chi connectivity index (χ2v) is 12.5. The smallest absolute Gasteiger partial charge is 0.280 e. The number of piperidine rings is 1. The van der Waals surface area contributed by atoms with Crippen LogP contribution in [0.4, 0.5) is 8.78 Å². The van der Waals surface area contributed by atoms with Gasteiger partial charge in [-0.05, 0) is 78.4 Å². The van der Waals surface area contributed by atoms with Gasteiger partial charge >= 0.3 is 0 Å². The number of rotatable bonds is 10. The van der Waals surface area contributed by atoms with Gasteiger partial charge in [0.2, 0.25) is 5.91 Å². The summed E-state index contributed by atoms with van der Waals surface area (Å²) in [7, 11) is 0. The van der Waals surface area contributed by atoms with Gasteiger partial charge in [-0.2, -0.15) is 4.98 Å². The Bertz CT molecular complexity index is 1920. The second kappa shape index (κ2) is 14.6. The molecule has 0 N–H and O–H groups in total. The molecule has 0 unspecified atom stereocenters. The number of hydrogen-bond acceptors (Lipinski definition) is 4. The maximum atomic E-state index is 14.5. The molecule has 0 aliphatic carbocycles. The second-order valence-electron chi connectivity index (χ2n) is 12.0. The van der Waals surface area contributed by atoms with Crippen molar-refractivity contribution in [1.29, 1.82) is 0 Å². The number of carbonyl (C=O) groups excluding carboxylic acids is 1. The molecule has 1 aromatic heterocycles. The third kappa shape index (κ3) is 7.45. The van der Waals surface area contributed by atoms with E-state index in [1.165, 1.54) is 12.1 Å². The topological polar surface area (TPSA) is 58.4 Å². The summed E-state index contributed by atoms with van der Waals surface area (Å²) in [6.45, 7) is 5.34. The lowest BCUT2D eigenvalue weighted by Gasteiger charge is -2.38. The van der Waals surface area contributed by atoms with Gasteiger partial charge in [0.25, 0.3) is 5.56 Å². The van der Waals surface area contributed by atoms with Gasteiger partial charge in [0.1, 0.15) is 12.4 Å². The molecule has 0 radical (unpaired) electrons. The maximum Gasteiger partial charge on any atom is 0.280 e. The van der Waals surface area contributed by atoms with Crippen molar-refractivity contribution in [2.45, 2.75) is 51.7 Å². The van der Waals surface area contributed by atoms with Gasteiger partial charge in [-0.1, -0.05) is 79.2 Å². The van der Waals surface area contributed by atoms with E-state index in [2.05, 4.69) is 41.1 Å². The number of benzene rings is 4. The molecule has 6 nitrogen and oxygen atoms in total. The Labute approximate surface area is 278 Å². The zero-order valence-electron chi connectivity index (χ0n) is 26.3. The number of halogens is 3. The van der Waals surface area contributed by atoms with Gasteiger partial charge in [0.15, 0.2) is 11.6 Å². The molecule has 2 heterocycles. The number of aromatic nitrogens is 2. The fourth-order valence-electron chi connectivity index (χ4n) is 6.46. The Balaban J connectivity index is 1.31. The molecule has 1 aliphatic heterocycles. The summed E-state index contributed by atoms with van der Waals surface area (Å²) in [4.78, 5) is 36.1. The zero-order valence-corrected chi connectivity index (χ0v) is 27.1. The maximum absolute atomic E-state index is 14.5. The van der Waals surface area contributed by atoms with Crippen molar-refractivity contribution in [2.75, 3.05) is 19.6 Å². The van der Waals surface area contributed by atoms with Crippen molar-refractivity contribution >= 4 is 28.4 Å². The summed E-state index contributed by atoms with van der Waals surface area (Å²) in [6.07, 6.45) is 2.01. The van der Waals surface area contributed by atoms with Gasteiger partial charge in [-0.15, -0.1) is 0 Å². The molecule has 0 saturated carbocycles. The number of likely N-dealkylation sites (tertiary alicyclic amines) is 1. The third-order valence-corrected chi connectivity index (χ3v) is 9.41. The average Bonchev–Trinajstić information content (AvgIpc) is 3.10. The van der Waals surface area contributed by atoms with E-state index >= 15 is 0 Å². The molecule has 1 saturated heterocycles. The zero-order chi connectivity index (χ0) is 32.9. The van der Waals surface area contributed by atoms with Crippen molar-refractivity contribution < 1.29 is 13.6 Å². The Kier molecular flexibility index (Phi) is 10.1. The third-order valence-electron chi connectivity index (χ3n) is 9.16. The molecule has 0 bridgehead atoms. The molecule has 5 aromatic rings. The fourth-order valence-corrected chi connectivity index (χ4v) is 6.58. The first-order valence-electron chi connectivity index (χ1n) is 16.1. The van der Waals surface area contributed by atoms with E-state index in [4.69, 9.17) is 11.6 Å². The van der Waals surface area contributed by atoms with Crippen LogP contribution in [0.25, 0.3) is 22.0 Å². The van der Waals surface area contributed by atoms with Crippen LogP contribution in [-0.2, 0) is 30.7 Å². The van der Waals surface area contributed by atoms with Crippen LogP contribution >= 0.6 is 11.6 Å². The first-order valence-corrected chi connectivity index (χ1v) is 16.5. The monoisotopic (exact) mass is 654 g/mol. The van der Waals surface area contributed by atoms with Crippen LogP contribution in [0.5, 0.6) is 0 Å². The lowest BCUT2D eigenvalue weighted by molar-refractivity contribution is -0.136. The van der Waals surface area contributed by atoms with E-state index in [0.717, 1.165) is 55.2 Å². The summed E-state index contributed by atoms with van der Waals surface area (Å²) in [6, 6.07) is 27.1. The molecule has 0 spiro atoms.